The Hall–Kier alpha value is -1.08. The van der Waals surface area contributed by atoms with Crippen molar-refractivity contribution in [3.8, 4) is 0 Å². The van der Waals surface area contributed by atoms with E-state index in [1.54, 1.807) is 0 Å². The van der Waals surface area contributed by atoms with Gasteiger partial charge in [0.25, 0.3) is 0 Å². The molecule has 1 aromatic rings. The maximum absolute atomic E-state index is 5.59. The minimum atomic E-state index is 0.177. The fourth-order valence-corrected chi connectivity index (χ4v) is 1.21. The molecule has 0 spiro atoms. The smallest absolute Gasteiger partial charge is 0.0194 e. The number of aryl methyl sites for hydroxylation is 1. The molecule has 0 aliphatic carbocycles. The van der Waals surface area contributed by atoms with Gasteiger partial charge in [-0.2, -0.15) is 0 Å². The van der Waals surface area contributed by atoms with Crippen LogP contribution in [0.4, 0.5) is 0 Å². The first-order valence-corrected chi connectivity index (χ1v) is 4.75. The Morgan fingerprint density at radius 2 is 2.00 bits per heavy atom. The van der Waals surface area contributed by atoms with Crippen LogP contribution in [0.15, 0.2) is 42.5 Å². The maximum atomic E-state index is 5.59. The lowest BCUT2D eigenvalue weighted by Gasteiger charge is -1.97. The molecule has 0 amide bonds. The van der Waals surface area contributed by atoms with Crippen LogP contribution in [0.2, 0.25) is 0 Å². The Morgan fingerprint density at radius 3 is 2.62 bits per heavy atom. The first kappa shape index (κ1) is 10.0. The molecule has 1 rings (SSSR count). The summed E-state index contributed by atoms with van der Waals surface area (Å²) in [6, 6.07) is 10.7. The Bertz CT molecular complexity index is 249. The van der Waals surface area contributed by atoms with Gasteiger partial charge in [0.05, 0.1) is 0 Å². The first-order chi connectivity index (χ1) is 6.29. The van der Waals surface area contributed by atoms with Gasteiger partial charge in [0.2, 0.25) is 0 Å². The van der Waals surface area contributed by atoms with E-state index in [2.05, 4.69) is 30.3 Å². The largest absolute Gasteiger partial charge is 0.325 e. The quantitative estimate of drug-likeness (QED) is 0.699. The van der Waals surface area contributed by atoms with Crippen LogP contribution < -0.4 is 5.73 Å². The van der Waals surface area contributed by atoms with Crippen LogP contribution in [0.5, 0.6) is 0 Å². The van der Waals surface area contributed by atoms with E-state index >= 15 is 0 Å². The average Bonchev–Trinajstić information content (AvgIpc) is 2.14. The van der Waals surface area contributed by atoms with Gasteiger partial charge in [0.15, 0.2) is 0 Å². The molecule has 13 heavy (non-hydrogen) atoms. The van der Waals surface area contributed by atoms with Crippen LogP contribution in [0, 0.1) is 0 Å². The number of nitrogens with two attached hydrogens (primary N) is 1. The minimum Gasteiger partial charge on any atom is -0.325 e. The second-order valence-electron chi connectivity index (χ2n) is 3.31. The summed E-state index contributed by atoms with van der Waals surface area (Å²) in [6.07, 6.45) is 6.37. The van der Waals surface area contributed by atoms with Crippen LogP contribution in [-0.4, -0.2) is 6.04 Å². The summed E-state index contributed by atoms with van der Waals surface area (Å²) in [7, 11) is 0. The predicted molar refractivity (Wildman–Crippen MR) is 57.6 cm³/mol. The van der Waals surface area contributed by atoms with Crippen molar-refractivity contribution in [1.82, 2.24) is 0 Å². The van der Waals surface area contributed by atoms with E-state index in [1.165, 1.54) is 5.56 Å². The van der Waals surface area contributed by atoms with E-state index in [-0.39, 0.29) is 6.04 Å². The third-order valence-electron chi connectivity index (χ3n) is 1.88. The summed E-state index contributed by atoms with van der Waals surface area (Å²) in [6.45, 7) is 1.99. The summed E-state index contributed by atoms with van der Waals surface area (Å²) in [5, 5.41) is 0. The van der Waals surface area contributed by atoms with Crippen LogP contribution in [0.3, 0.4) is 0 Å². The van der Waals surface area contributed by atoms with Crippen molar-refractivity contribution in [3.63, 3.8) is 0 Å². The maximum Gasteiger partial charge on any atom is 0.0194 e. The van der Waals surface area contributed by atoms with Crippen LogP contribution in [0.1, 0.15) is 18.9 Å². The van der Waals surface area contributed by atoms with Crippen molar-refractivity contribution in [2.75, 3.05) is 0 Å². The molecule has 1 unspecified atom stereocenters. The van der Waals surface area contributed by atoms with Crippen LogP contribution in [0.25, 0.3) is 0 Å². The van der Waals surface area contributed by atoms with Crippen LogP contribution in [-0.2, 0) is 6.42 Å². The molecule has 0 saturated carbocycles. The number of rotatable bonds is 4. The highest BCUT2D eigenvalue weighted by Gasteiger charge is 1.88. The van der Waals surface area contributed by atoms with Gasteiger partial charge in [-0.1, -0.05) is 42.5 Å². The Balaban J connectivity index is 2.28. The number of hydrogen-bond acceptors (Lipinski definition) is 1. The zero-order chi connectivity index (χ0) is 9.52. The van der Waals surface area contributed by atoms with Gasteiger partial charge < -0.3 is 5.73 Å². The third kappa shape index (κ3) is 4.48. The summed E-state index contributed by atoms with van der Waals surface area (Å²) in [5.74, 6) is 0. The topological polar surface area (TPSA) is 26.0 Å². The molecule has 0 saturated heterocycles. The van der Waals surface area contributed by atoms with E-state index in [1.807, 2.05) is 19.1 Å². The number of allylic oxidation sites excluding steroid dienone is 1. The molecular formula is C12H17N. The zero-order valence-corrected chi connectivity index (χ0v) is 8.11. The second-order valence-corrected chi connectivity index (χ2v) is 3.31. The second kappa shape index (κ2) is 5.55. The lowest BCUT2D eigenvalue weighted by molar-refractivity contribution is 0.906. The summed E-state index contributed by atoms with van der Waals surface area (Å²) in [5.41, 5.74) is 6.97. The van der Waals surface area contributed by atoms with E-state index in [4.69, 9.17) is 5.73 Å². The summed E-state index contributed by atoms with van der Waals surface area (Å²) < 4.78 is 0. The summed E-state index contributed by atoms with van der Waals surface area (Å²) >= 11 is 0. The molecule has 0 aliphatic rings. The normalized spacial score (nSPS) is 13.4. The average molecular weight is 175 g/mol. The van der Waals surface area contributed by atoms with Gasteiger partial charge in [-0.25, -0.2) is 0 Å². The highest BCUT2D eigenvalue weighted by molar-refractivity contribution is 5.15. The summed E-state index contributed by atoms with van der Waals surface area (Å²) in [4.78, 5) is 0. The van der Waals surface area contributed by atoms with Gasteiger partial charge in [-0.15, -0.1) is 0 Å². The van der Waals surface area contributed by atoms with Gasteiger partial charge in [-0.3, -0.25) is 0 Å². The molecule has 0 aliphatic heterocycles. The number of hydrogen-bond donors (Lipinski definition) is 1. The van der Waals surface area contributed by atoms with Crippen molar-refractivity contribution in [2.45, 2.75) is 25.8 Å². The molecule has 1 aromatic carbocycles. The highest BCUT2D eigenvalue weighted by Crippen LogP contribution is 2.02. The Kier molecular flexibility index (Phi) is 4.27. The molecular weight excluding hydrogens is 158 g/mol. The van der Waals surface area contributed by atoms with Gasteiger partial charge in [-0.05, 0) is 25.3 Å². The molecule has 0 heterocycles. The predicted octanol–water partition coefficient (Wildman–Crippen LogP) is 2.52. The Labute approximate surface area is 80.3 Å². The fraction of sp³-hybridized carbons (Fsp3) is 0.333. The molecule has 70 valence electrons. The third-order valence-corrected chi connectivity index (χ3v) is 1.88. The van der Waals surface area contributed by atoms with Crippen molar-refractivity contribution < 1.29 is 0 Å². The van der Waals surface area contributed by atoms with Crippen molar-refractivity contribution in [3.05, 3.63) is 48.0 Å². The zero-order valence-electron chi connectivity index (χ0n) is 8.11. The highest BCUT2D eigenvalue weighted by atomic mass is 14.6. The minimum absolute atomic E-state index is 0.177. The standard InChI is InChI=1S/C12H17N/c1-11(13)7-5-6-10-12-8-3-2-4-9-12/h2-5,7-9,11H,6,10,13H2,1H3/b7-5+. The molecule has 0 fully saturated rings. The van der Waals surface area contributed by atoms with Gasteiger partial charge >= 0.3 is 0 Å². The SMILES string of the molecule is CC(N)/C=C/CCc1ccccc1. The van der Waals surface area contributed by atoms with Crippen molar-refractivity contribution in [1.29, 1.82) is 0 Å². The molecule has 0 aromatic heterocycles. The van der Waals surface area contributed by atoms with Crippen LogP contribution >= 0.6 is 0 Å². The van der Waals surface area contributed by atoms with E-state index < -0.39 is 0 Å². The molecule has 1 atom stereocenters. The van der Waals surface area contributed by atoms with E-state index in [0.29, 0.717) is 0 Å². The monoisotopic (exact) mass is 175 g/mol. The lowest BCUT2D eigenvalue weighted by atomic mass is 10.1. The molecule has 1 heteroatoms. The van der Waals surface area contributed by atoms with E-state index in [0.717, 1.165) is 12.8 Å². The molecule has 1 nitrogen and oxygen atoms in total. The molecule has 2 N–H and O–H groups in total. The Morgan fingerprint density at radius 1 is 1.31 bits per heavy atom. The van der Waals surface area contributed by atoms with Gasteiger partial charge in [0.1, 0.15) is 0 Å². The first-order valence-electron chi connectivity index (χ1n) is 4.75. The fourth-order valence-electron chi connectivity index (χ4n) is 1.21. The van der Waals surface area contributed by atoms with Gasteiger partial charge in [0, 0.05) is 6.04 Å². The van der Waals surface area contributed by atoms with E-state index in [9.17, 15) is 0 Å². The number of benzene rings is 1. The van der Waals surface area contributed by atoms with Crippen molar-refractivity contribution in [2.24, 2.45) is 5.73 Å². The lowest BCUT2D eigenvalue weighted by Crippen LogP contribution is -2.10. The van der Waals surface area contributed by atoms with Crippen molar-refractivity contribution >= 4 is 0 Å². The molecule has 0 bridgehead atoms. The molecule has 0 radical (unpaired) electrons.